The number of hydrogen-bond donors (Lipinski definition) is 2. The molecule has 0 saturated carbocycles. The number of hydrogen-bond acceptors (Lipinski definition) is 4. The van der Waals surface area contributed by atoms with E-state index >= 15 is 0 Å². The number of likely N-dealkylation sites (tertiary alicyclic amines) is 1. The molecule has 5 nitrogen and oxygen atoms in total. The predicted octanol–water partition coefficient (Wildman–Crippen LogP) is 1.77. The molecule has 1 fully saturated rings. The normalized spacial score (nSPS) is 17.9. The van der Waals surface area contributed by atoms with Crippen LogP contribution < -0.4 is 5.73 Å². The number of rotatable bonds is 4. The van der Waals surface area contributed by atoms with Crippen molar-refractivity contribution in [1.82, 2.24) is 14.5 Å². The van der Waals surface area contributed by atoms with E-state index in [1.54, 1.807) is 0 Å². The minimum atomic E-state index is -0.0427. The van der Waals surface area contributed by atoms with Crippen molar-refractivity contribution < 1.29 is 5.11 Å². The van der Waals surface area contributed by atoms with Crippen LogP contribution in [0.4, 0.5) is 5.69 Å². The SMILES string of the molecule is CC(CN1CCCC1)n1c(CO)nc2cc(N)ccc21. The number of aliphatic hydroxyl groups excluding tert-OH is 1. The number of benzene rings is 1. The van der Waals surface area contributed by atoms with Gasteiger partial charge in [-0.2, -0.15) is 0 Å². The van der Waals surface area contributed by atoms with E-state index in [0.717, 1.165) is 23.4 Å². The van der Waals surface area contributed by atoms with Crippen molar-refractivity contribution in [3.63, 3.8) is 0 Å². The Kier molecular flexibility index (Phi) is 3.63. The summed E-state index contributed by atoms with van der Waals surface area (Å²) in [6.07, 6.45) is 2.58. The van der Waals surface area contributed by atoms with Gasteiger partial charge in [0.15, 0.2) is 0 Å². The molecule has 0 aliphatic carbocycles. The Morgan fingerprint density at radius 3 is 2.80 bits per heavy atom. The van der Waals surface area contributed by atoms with Gasteiger partial charge in [0, 0.05) is 18.3 Å². The van der Waals surface area contributed by atoms with Gasteiger partial charge < -0.3 is 20.3 Å². The smallest absolute Gasteiger partial charge is 0.136 e. The second-order valence-corrected chi connectivity index (χ2v) is 5.66. The van der Waals surface area contributed by atoms with Crippen molar-refractivity contribution in [3.8, 4) is 0 Å². The minimum Gasteiger partial charge on any atom is -0.399 e. The van der Waals surface area contributed by atoms with Crippen LogP contribution in [0.1, 0.15) is 31.6 Å². The zero-order chi connectivity index (χ0) is 14.1. The summed E-state index contributed by atoms with van der Waals surface area (Å²) < 4.78 is 2.15. The molecule has 0 radical (unpaired) electrons. The lowest BCUT2D eigenvalue weighted by Gasteiger charge is -2.23. The second kappa shape index (κ2) is 5.42. The maximum atomic E-state index is 9.57. The third-order valence-corrected chi connectivity index (χ3v) is 4.09. The van der Waals surface area contributed by atoms with Crippen LogP contribution in [0.15, 0.2) is 18.2 Å². The van der Waals surface area contributed by atoms with Crippen molar-refractivity contribution in [2.45, 2.75) is 32.4 Å². The monoisotopic (exact) mass is 274 g/mol. The van der Waals surface area contributed by atoms with Crippen LogP contribution in [0.25, 0.3) is 11.0 Å². The first-order chi connectivity index (χ1) is 9.69. The van der Waals surface area contributed by atoms with E-state index < -0.39 is 0 Å². The molecule has 1 aromatic carbocycles. The van der Waals surface area contributed by atoms with E-state index in [1.165, 1.54) is 25.9 Å². The van der Waals surface area contributed by atoms with Gasteiger partial charge in [-0.05, 0) is 51.1 Å². The molecule has 1 unspecified atom stereocenters. The number of anilines is 1. The molecule has 1 atom stereocenters. The fourth-order valence-corrected chi connectivity index (χ4v) is 3.19. The van der Waals surface area contributed by atoms with Crippen molar-refractivity contribution in [2.75, 3.05) is 25.4 Å². The molecule has 0 amide bonds. The summed E-state index contributed by atoms with van der Waals surface area (Å²) in [5, 5.41) is 9.57. The molecule has 0 spiro atoms. The molecule has 108 valence electrons. The Labute approximate surface area is 119 Å². The highest BCUT2D eigenvalue weighted by atomic mass is 16.3. The molecule has 3 rings (SSSR count). The van der Waals surface area contributed by atoms with E-state index in [-0.39, 0.29) is 6.61 Å². The van der Waals surface area contributed by atoms with Crippen molar-refractivity contribution in [3.05, 3.63) is 24.0 Å². The first kappa shape index (κ1) is 13.4. The van der Waals surface area contributed by atoms with Gasteiger partial charge in [-0.3, -0.25) is 0 Å². The van der Waals surface area contributed by atoms with Gasteiger partial charge in [-0.25, -0.2) is 4.98 Å². The Hall–Kier alpha value is -1.59. The third-order valence-electron chi connectivity index (χ3n) is 4.09. The molecule has 2 aromatic rings. The molecule has 1 aromatic heterocycles. The van der Waals surface area contributed by atoms with Gasteiger partial charge in [-0.15, -0.1) is 0 Å². The molecule has 1 aliphatic heterocycles. The Bertz CT molecular complexity index is 601. The highest BCUT2D eigenvalue weighted by Crippen LogP contribution is 2.24. The summed E-state index contributed by atoms with van der Waals surface area (Å²) in [5.41, 5.74) is 8.43. The molecule has 2 heterocycles. The topological polar surface area (TPSA) is 67.3 Å². The Morgan fingerprint density at radius 1 is 1.35 bits per heavy atom. The Balaban J connectivity index is 1.95. The number of aromatic nitrogens is 2. The molecule has 20 heavy (non-hydrogen) atoms. The van der Waals surface area contributed by atoms with Gasteiger partial charge in [0.1, 0.15) is 12.4 Å². The van der Waals surface area contributed by atoms with E-state index in [1.807, 2.05) is 18.2 Å². The molecular formula is C15H22N4O. The van der Waals surface area contributed by atoms with Crippen molar-refractivity contribution in [1.29, 1.82) is 0 Å². The molecule has 1 aliphatic rings. The van der Waals surface area contributed by atoms with Crippen LogP contribution in [0.3, 0.4) is 0 Å². The Morgan fingerprint density at radius 2 is 2.10 bits per heavy atom. The quantitative estimate of drug-likeness (QED) is 0.834. The second-order valence-electron chi connectivity index (χ2n) is 5.66. The minimum absolute atomic E-state index is 0.0427. The molecule has 3 N–H and O–H groups in total. The summed E-state index contributed by atoms with van der Waals surface area (Å²) in [5.74, 6) is 0.720. The number of nitrogens with zero attached hydrogens (tertiary/aromatic N) is 3. The van der Waals surface area contributed by atoms with E-state index in [4.69, 9.17) is 5.73 Å². The lowest BCUT2D eigenvalue weighted by molar-refractivity contribution is 0.248. The van der Waals surface area contributed by atoms with Crippen LogP contribution >= 0.6 is 0 Å². The number of aliphatic hydroxyl groups is 1. The third kappa shape index (κ3) is 2.39. The van der Waals surface area contributed by atoms with Gasteiger partial charge >= 0.3 is 0 Å². The van der Waals surface area contributed by atoms with Crippen LogP contribution in [0.5, 0.6) is 0 Å². The standard InChI is InChI=1S/C15H22N4O/c1-11(9-18-6-2-3-7-18)19-14-5-4-12(16)8-13(14)17-15(19)10-20/h4-5,8,11,20H,2-3,6-7,9-10,16H2,1H3. The summed E-state index contributed by atoms with van der Waals surface area (Å²) in [7, 11) is 0. The van der Waals surface area contributed by atoms with E-state index in [2.05, 4.69) is 21.4 Å². The predicted molar refractivity (Wildman–Crippen MR) is 80.5 cm³/mol. The first-order valence-corrected chi connectivity index (χ1v) is 7.28. The highest BCUT2D eigenvalue weighted by molar-refractivity contribution is 5.79. The van der Waals surface area contributed by atoms with E-state index in [9.17, 15) is 5.11 Å². The molecule has 5 heteroatoms. The maximum absolute atomic E-state index is 9.57. The summed E-state index contributed by atoms with van der Waals surface area (Å²) >= 11 is 0. The molecular weight excluding hydrogens is 252 g/mol. The van der Waals surface area contributed by atoms with Crippen molar-refractivity contribution >= 4 is 16.7 Å². The average Bonchev–Trinajstić information content (AvgIpc) is 3.04. The van der Waals surface area contributed by atoms with Gasteiger partial charge in [-0.1, -0.05) is 0 Å². The summed E-state index contributed by atoms with van der Waals surface area (Å²) in [6, 6.07) is 6.05. The fourth-order valence-electron chi connectivity index (χ4n) is 3.19. The number of imidazole rings is 1. The summed E-state index contributed by atoms with van der Waals surface area (Å²) in [6.45, 7) is 5.51. The highest BCUT2D eigenvalue weighted by Gasteiger charge is 2.19. The molecule has 0 bridgehead atoms. The van der Waals surface area contributed by atoms with Crippen LogP contribution in [-0.4, -0.2) is 39.2 Å². The van der Waals surface area contributed by atoms with Gasteiger partial charge in [0.2, 0.25) is 0 Å². The zero-order valence-corrected chi connectivity index (χ0v) is 11.9. The molecule has 1 saturated heterocycles. The van der Waals surface area contributed by atoms with Crippen molar-refractivity contribution in [2.24, 2.45) is 0 Å². The van der Waals surface area contributed by atoms with Crippen LogP contribution in [-0.2, 0) is 6.61 Å². The fraction of sp³-hybridized carbons (Fsp3) is 0.533. The number of nitrogen functional groups attached to an aromatic ring is 1. The van der Waals surface area contributed by atoms with Gasteiger partial charge in [0.05, 0.1) is 11.0 Å². The number of fused-ring (bicyclic) bond motifs is 1. The lowest BCUT2D eigenvalue weighted by Crippen LogP contribution is -2.27. The average molecular weight is 274 g/mol. The maximum Gasteiger partial charge on any atom is 0.136 e. The largest absolute Gasteiger partial charge is 0.399 e. The summed E-state index contributed by atoms with van der Waals surface area (Å²) in [4.78, 5) is 6.98. The van der Waals surface area contributed by atoms with E-state index in [0.29, 0.717) is 11.7 Å². The zero-order valence-electron chi connectivity index (χ0n) is 11.9. The van der Waals surface area contributed by atoms with Crippen LogP contribution in [0.2, 0.25) is 0 Å². The number of nitrogens with two attached hydrogens (primary N) is 1. The van der Waals surface area contributed by atoms with Crippen LogP contribution in [0, 0.1) is 0 Å². The lowest BCUT2D eigenvalue weighted by atomic mass is 10.2. The van der Waals surface area contributed by atoms with Gasteiger partial charge in [0.25, 0.3) is 0 Å². The first-order valence-electron chi connectivity index (χ1n) is 7.28.